The normalized spacial score (nSPS) is 10.9. The Morgan fingerprint density at radius 1 is 1.16 bits per heavy atom. The molecule has 0 saturated heterocycles. The number of hydrogen-bond acceptors (Lipinski definition) is 6. The summed E-state index contributed by atoms with van der Waals surface area (Å²) in [4.78, 5) is 10.3. The number of likely N-dealkylation sites (N-methyl/N-ethyl adjacent to an activating group) is 1. The summed E-state index contributed by atoms with van der Waals surface area (Å²) in [5.41, 5.74) is 3.00. The number of benzene rings is 1. The lowest BCUT2D eigenvalue weighted by molar-refractivity contribution is 0.253. The maximum atomic E-state index is 5.99. The molecule has 130 valence electrons. The van der Waals surface area contributed by atoms with E-state index in [2.05, 4.69) is 25.5 Å². The van der Waals surface area contributed by atoms with Gasteiger partial charge in [-0.2, -0.15) is 10.1 Å². The molecule has 0 unspecified atom stereocenters. The van der Waals surface area contributed by atoms with Crippen molar-refractivity contribution < 1.29 is 4.74 Å². The van der Waals surface area contributed by atoms with E-state index in [9.17, 15) is 0 Å². The van der Waals surface area contributed by atoms with Crippen LogP contribution in [0.25, 0.3) is 11.1 Å². The number of nitrogens with one attached hydrogen (secondary N) is 2. The first-order valence-electron chi connectivity index (χ1n) is 7.78. The quantitative estimate of drug-likeness (QED) is 0.631. The van der Waals surface area contributed by atoms with Crippen molar-refractivity contribution in [2.45, 2.75) is 0 Å². The van der Waals surface area contributed by atoms with Crippen LogP contribution in [0.4, 0.5) is 11.5 Å². The SMILES string of the molecule is CN(C)CCOc1cc(Nc2ccc(-c3cn[nH]c3)cc2)nc(Cl)n1. The molecule has 3 aromatic rings. The minimum atomic E-state index is 0.139. The van der Waals surface area contributed by atoms with Crippen LogP contribution in [0.1, 0.15) is 0 Å². The third kappa shape index (κ3) is 4.91. The standard InChI is InChI=1S/C17H19ClN6O/c1-24(2)7-8-25-16-9-15(22-17(18)23-16)21-14-5-3-12(4-6-14)13-10-19-20-11-13/h3-6,9-11H,7-8H2,1-2H3,(H,19,20)(H,21,22,23). The predicted octanol–water partition coefficient (Wildman–Crippen LogP) is 3.20. The summed E-state index contributed by atoms with van der Waals surface area (Å²) >= 11 is 5.99. The molecule has 2 heterocycles. The molecule has 0 amide bonds. The van der Waals surface area contributed by atoms with Crippen LogP contribution in [0.5, 0.6) is 5.88 Å². The van der Waals surface area contributed by atoms with Crippen molar-refractivity contribution in [2.75, 3.05) is 32.6 Å². The van der Waals surface area contributed by atoms with Crippen molar-refractivity contribution in [3.05, 3.63) is 48.0 Å². The van der Waals surface area contributed by atoms with Gasteiger partial charge in [0.2, 0.25) is 11.2 Å². The Morgan fingerprint density at radius 2 is 1.96 bits per heavy atom. The molecular weight excluding hydrogens is 340 g/mol. The van der Waals surface area contributed by atoms with E-state index >= 15 is 0 Å². The third-order valence-electron chi connectivity index (χ3n) is 3.45. The first-order valence-corrected chi connectivity index (χ1v) is 8.16. The first-order chi connectivity index (χ1) is 12.1. The molecular formula is C17H19ClN6O. The van der Waals surface area contributed by atoms with E-state index in [0.29, 0.717) is 18.3 Å². The number of nitrogens with zero attached hydrogens (tertiary/aromatic N) is 4. The van der Waals surface area contributed by atoms with Gasteiger partial charge in [-0.1, -0.05) is 12.1 Å². The Balaban J connectivity index is 1.68. The van der Waals surface area contributed by atoms with Crippen LogP contribution in [0, 0.1) is 0 Å². The number of rotatable bonds is 7. The van der Waals surface area contributed by atoms with Crippen LogP contribution in [-0.2, 0) is 0 Å². The number of halogens is 1. The summed E-state index contributed by atoms with van der Waals surface area (Å²) in [6, 6.07) is 9.66. The van der Waals surface area contributed by atoms with Gasteiger partial charge in [-0.25, -0.2) is 4.98 Å². The summed E-state index contributed by atoms with van der Waals surface area (Å²) in [6.07, 6.45) is 3.63. The maximum absolute atomic E-state index is 5.99. The van der Waals surface area contributed by atoms with Gasteiger partial charge >= 0.3 is 0 Å². The maximum Gasteiger partial charge on any atom is 0.227 e. The van der Waals surface area contributed by atoms with Crippen molar-refractivity contribution in [3.63, 3.8) is 0 Å². The highest BCUT2D eigenvalue weighted by atomic mass is 35.5. The zero-order chi connectivity index (χ0) is 17.6. The molecule has 3 rings (SSSR count). The summed E-state index contributed by atoms with van der Waals surface area (Å²) in [5, 5.41) is 10.1. The van der Waals surface area contributed by atoms with E-state index in [1.807, 2.05) is 49.5 Å². The Kier molecular flexibility index (Phi) is 5.47. The molecule has 0 bridgehead atoms. The van der Waals surface area contributed by atoms with Crippen molar-refractivity contribution in [1.82, 2.24) is 25.1 Å². The fourth-order valence-electron chi connectivity index (χ4n) is 2.17. The molecule has 0 aliphatic rings. The van der Waals surface area contributed by atoms with Gasteiger partial charge in [-0.15, -0.1) is 0 Å². The van der Waals surface area contributed by atoms with Crippen molar-refractivity contribution in [3.8, 4) is 17.0 Å². The molecule has 0 aliphatic carbocycles. The highest BCUT2D eigenvalue weighted by molar-refractivity contribution is 6.28. The van der Waals surface area contributed by atoms with Gasteiger partial charge in [0, 0.05) is 30.1 Å². The van der Waals surface area contributed by atoms with Crippen molar-refractivity contribution >= 4 is 23.1 Å². The number of hydrogen-bond donors (Lipinski definition) is 2. The number of aromatic nitrogens is 4. The molecule has 0 aliphatic heterocycles. The molecule has 7 nitrogen and oxygen atoms in total. The van der Waals surface area contributed by atoms with Gasteiger partial charge in [0.05, 0.1) is 6.20 Å². The van der Waals surface area contributed by atoms with Crippen molar-refractivity contribution in [2.24, 2.45) is 0 Å². The summed E-state index contributed by atoms with van der Waals surface area (Å²) in [5.74, 6) is 1.02. The van der Waals surface area contributed by atoms with E-state index in [-0.39, 0.29) is 5.28 Å². The van der Waals surface area contributed by atoms with Gasteiger partial charge in [0.15, 0.2) is 0 Å². The van der Waals surface area contributed by atoms with Gasteiger partial charge in [-0.3, -0.25) is 5.10 Å². The lowest BCUT2D eigenvalue weighted by Gasteiger charge is -2.12. The average molecular weight is 359 g/mol. The minimum Gasteiger partial charge on any atom is -0.476 e. The van der Waals surface area contributed by atoms with Crippen LogP contribution >= 0.6 is 11.6 Å². The Morgan fingerprint density at radius 3 is 2.64 bits per heavy atom. The van der Waals surface area contributed by atoms with Crippen LogP contribution in [0.2, 0.25) is 5.28 Å². The second kappa shape index (κ2) is 7.96. The number of aromatic amines is 1. The minimum absolute atomic E-state index is 0.139. The second-order valence-electron chi connectivity index (χ2n) is 5.70. The Hall–Kier alpha value is -2.64. The molecule has 1 aromatic carbocycles. The predicted molar refractivity (Wildman–Crippen MR) is 98.4 cm³/mol. The Labute approximate surface area is 151 Å². The molecule has 0 saturated carbocycles. The van der Waals surface area contributed by atoms with E-state index in [1.165, 1.54) is 0 Å². The largest absolute Gasteiger partial charge is 0.476 e. The molecule has 2 aromatic heterocycles. The van der Waals surface area contributed by atoms with Gasteiger partial charge in [0.1, 0.15) is 12.4 Å². The summed E-state index contributed by atoms with van der Waals surface area (Å²) < 4.78 is 5.62. The van der Waals surface area contributed by atoms with Gasteiger partial charge in [0.25, 0.3) is 0 Å². The molecule has 0 fully saturated rings. The first kappa shape index (κ1) is 17.2. The number of H-pyrrole nitrogens is 1. The molecule has 25 heavy (non-hydrogen) atoms. The molecule has 2 N–H and O–H groups in total. The molecule has 0 spiro atoms. The fourth-order valence-corrected chi connectivity index (χ4v) is 2.34. The van der Waals surface area contributed by atoms with E-state index in [4.69, 9.17) is 16.3 Å². The molecule has 0 atom stereocenters. The third-order valence-corrected chi connectivity index (χ3v) is 3.62. The molecule has 0 radical (unpaired) electrons. The summed E-state index contributed by atoms with van der Waals surface area (Å²) in [7, 11) is 3.97. The highest BCUT2D eigenvalue weighted by Crippen LogP contribution is 2.23. The van der Waals surface area contributed by atoms with Gasteiger partial charge in [-0.05, 0) is 43.4 Å². The van der Waals surface area contributed by atoms with Crippen LogP contribution in [-0.4, -0.2) is 52.3 Å². The average Bonchev–Trinajstić information content (AvgIpc) is 3.09. The fraction of sp³-hybridized carbons (Fsp3) is 0.235. The monoisotopic (exact) mass is 358 g/mol. The zero-order valence-corrected chi connectivity index (χ0v) is 14.8. The zero-order valence-electron chi connectivity index (χ0n) is 14.0. The van der Waals surface area contributed by atoms with E-state index in [0.717, 1.165) is 23.4 Å². The number of anilines is 2. The van der Waals surface area contributed by atoms with E-state index < -0.39 is 0 Å². The highest BCUT2D eigenvalue weighted by Gasteiger charge is 2.06. The van der Waals surface area contributed by atoms with Gasteiger partial charge < -0.3 is 15.0 Å². The van der Waals surface area contributed by atoms with Crippen LogP contribution in [0.15, 0.2) is 42.7 Å². The van der Waals surface area contributed by atoms with Crippen molar-refractivity contribution in [1.29, 1.82) is 0 Å². The van der Waals surface area contributed by atoms with Crippen LogP contribution < -0.4 is 10.1 Å². The molecule has 8 heteroatoms. The lowest BCUT2D eigenvalue weighted by Crippen LogP contribution is -2.19. The topological polar surface area (TPSA) is 79.0 Å². The lowest BCUT2D eigenvalue weighted by atomic mass is 10.1. The Bertz CT molecular complexity index is 805. The summed E-state index contributed by atoms with van der Waals surface area (Å²) in [6.45, 7) is 1.32. The van der Waals surface area contributed by atoms with E-state index in [1.54, 1.807) is 12.3 Å². The second-order valence-corrected chi connectivity index (χ2v) is 6.04. The van der Waals surface area contributed by atoms with Crippen LogP contribution in [0.3, 0.4) is 0 Å². The number of ether oxygens (including phenoxy) is 1. The smallest absolute Gasteiger partial charge is 0.227 e.